The third-order valence-corrected chi connectivity index (χ3v) is 3.21. The molecular weight excluding hydrogens is 306 g/mol. The molecule has 0 aliphatic heterocycles. The fraction of sp³-hybridized carbons (Fsp3) is 0.182. The van der Waals surface area contributed by atoms with Crippen molar-refractivity contribution in [2.24, 2.45) is 12.9 Å². The largest absolute Gasteiger partial charge is 0.271 e. The molecule has 0 amide bonds. The highest BCUT2D eigenvalue weighted by molar-refractivity contribution is 9.10. The first kappa shape index (κ1) is 13.1. The number of nitrogens with two attached hydrogens (primary N) is 1. The maximum absolute atomic E-state index is 13.2. The fourth-order valence-corrected chi connectivity index (χ4v) is 2.40. The van der Waals surface area contributed by atoms with Crippen LogP contribution in [0.15, 0.2) is 28.9 Å². The summed E-state index contributed by atoms with van der Waals surface area (Å²) in [6.45, 7) is 0. The molecule has 0 bridgehead atoms. The lowest BCUT2D eigenvalue weighted by Gasteiger charge is -2.17. The van der Waals surface area contributed by atoms with Gasteiger partial charge in [0.15, 0.2) is 0 Å². The van der Waals surface area contributed by atoms with E-state index < -0.39 is 17.7 Å². The first-order valence-corrected chi connectivity index (χ1v) is 5.91. The molecule has 0 fully saturated rings. The molecule has 0 spiro atoms. The first-order valence-electron chi connectivity index (χ1n) is 5.12. The Bertz CT molecular complexity index is 530. The Morgan fingerprint density at radius 3 is 2.39 bits per heavy atom. The van der Waals surface area contributed by atoms with Gasteiger partial charge in [0.25, 0.3) is 0 Å². The minimum atomic E-state index is -0.649. The van der Waals surface area contributed by atoms with Crippen LogP contribution in [0.2, 0.25) is 0 Å². The molecule has 96 valence electrons. The zero-order valence-corrected chi connectivity index (χ0v) is 11.1. The molecule has 1 unspecified atom stereocenters. The highest BCUT2D eigenvalue weighted by atomic mass is 79.9. The lowest BCUT2D eigenvalue weighted by Crippen LogP contribution is -2.30. The molecule has 0 saturated carbocycles. The lowest BCUT2D eigenvalue weighted by atomic mass is 10.0. The Labute approximate surface area is 111 Å². The Kier molecular flexibility index (Phi) is 3.74. The summed E-state index contributed by atoms with van der Waals surface area (Å²) in [7, 11) is 1.72. The van der Waals surface area contributed by atoms with Gasteiger partial charge in [-0.05, 0) is 33.6 Å². The molecule has 1 heterocycles. The standard InChI is InChI=1S/C11H11BrF2N4/c1-18-11(9(12)5-16-18)10(17-15)6-2-7(13)4-8(14)3-6/h2-5,10,17H,15H2,1H3. The van der Waals surface area contributed by atoms with Crippen molar-refractivity contribution in [3.05, 3.63) is 51.8 Å². The van der Waals surface area contributed by atoms with Crippen LogP contribution < -0.4 is 11.3 Å². The Hall–Kier alpha value is -1.31. The van der Waals surface area contributed by atoms with Crippen LogP contribution in [-0.2, 0) is 7.05 Å². The van der Waals surface area contributed by atoms with E-state index in [9.17, 15) is 8.78 Å². The molecule has 1 atom stereocenters. The van der Waals surface area contributed by atoms with E-state index >= 15 is 0 Å². The maximum atomic E-state index is 13.2. The number of aromatic nitrogens is 2. The zero-order chi connectivity index (χ0) is 13.3. The third-order valence-electron chi connectivity index (χ3n) is 2.60. The number of rotatable bonds is 3. The fourth-order valence-electron chi connectivity index (χ4n) is 1.82. The number of benzene rings is 1. The predicted molar refractivity (Wildman–Crippen MR) is 66.4 cm³/mol. The van der Waals surface area contributed by atoms with Crippen LogP contribution >= 0.6 is 15.9 Å². The van der Waals surface area contributed by atoms with Gasteiger partial charge in [0, 0.05) is 13.1 Å². The van der Waals surface area contributed by atoms with Crippen LogP contribution in [-0.4, -0.2) is 9.78 Å². The van der Waals surface area contributed by atoms with Crippen LogP contribution in [0.1, 0.15) is 17.3 Å². The third kappa shape index (κ3) is 2.43. The highest BCUT2D eigenvalue weighted by Crippen LogP contribution is 2.28. The summed E-state index contributed by atoms with van der Waals surface area (Å²) in [4.78, 5) is 0. The summed E-state index contributed by atoms with van der Waals surface area (Å²) >= 11 is 3.33. The van der Waals surface area contributed by atoms with Crippen molar-refractivity contribution in [3.8, 4) is 0 Å². The summed E-state index contributed by atoms with van der Waals surface area (Å²) in [5, 5.41) is 4.04. The van der Waals surface area contributed by atoms with E-state index in [4.69, 9.17) is 5.84 Å². The van der Waals surface area contributed by atoms with E-state index in [1.165, 1.54) is 12.1 Å². The first-order chi connectivity index (χ1) is 8.52. The normalized spacial score (nSPS) is 12.7. The molecule has 0 saturated heterocycles. The van der Waals surface area contributed by atoms with Crippen LogP contribution in [0.4, 0.5) is 8.78 Å². The molecule has 0 radical (unpaired) electrons. The van der Waals surface area contributed by atoms with Gasteiger partial charge in [0.05, 0.1) is 22.4 Å². The van der Waals surface area contributed by atoms with Crippen molar-refractivity contribution >= 4 is 15.9 Å². The average Bonchev–Trinajstić information content (AvgIpc) is 2.61. The number of nitrogens with zero attached hydrogens (tertiary/aromatic N) is 2. The van der Waals surface area contributed by atoms with E-state index in [1.807, 2.05) is 0 Å². The molecular formula is C11H11BrF2N4. The van der Waals surface area contributed by atoms with Crippen LogP contribution in [0.5, 0.6) is 0 Å². The van der Waals surface area contributed by atoms with Crippen molar-refractivity contribution in [1.29, 1.82) is 0 Å². The van der Waals surface area contributed by atoms with Gasteiger partial charge in [-0.3, -0.25) is 10.5 Å². The number of halogens is 3. The number of hydrogen-bond acceptors (Lipinski definition) is 3. The van der Waals surface area contributed by atoms with Crippen LogP contribution in [0.3, 0.4) is 0 Å². The second-order valence-corrected chi connectivity index (χ2v) is 4.66. The van der Waals surface area contributed by atoms with Gasteiger partial charge in [-0.1, -0.05) is 0 Å². The van der Waals surface area contributed by atoms with Gasteiger partial charge in [-0.25, -0.2) is 14.2 Å². The Balaban J connectivity index is 2.52. The molecule has 1 aromatic heterocycles. The molecule has 2 rings (SSSR count). The van der Waals surface area contributed by atoms with E-state index in [1.54, 1.807) is 17.9 Å². The second-order valence-electron chi connectivity index (χ2n) is 3.80. The minimum absolute atomic E-state index is 0.388. The SMILES string of the molecule is Cn1ncc(Br)c1C(NN)c1cc(F)cc(F)c1. The molecule has 4 nitrogen and oxygen atoms in total. The second kappa shape index (κ2) is 5.13. The summed E-state index contributed by atoms with van der Waals surface area (Å²) in [5.74, 6) is 4.18. The zero-order valence-electron chi connectivity index (χ0n) is 9.49. The van der Waals surface area contributed by atoms with E-state index in [0.29, 0.717) is 15.7 Å². The van der Waals surface area contributed by atoms with E-state index in [-0.39, 0.29) is 0 Å². The highest BCUT2D eigenvalue weighted by Gasteiger charge is 2.20. The topological polar surface area (TPSA) is 55.9 Å². The van der Waals surface area contributed by atoms with Gasteiger partial charge in [-0.15, -0.1) is 0 Å². The average molecular weight is 317 g/mol. The van der Waals surface area contributed by atoms with Gasteiger partial charge < -0.3 is 0 Å². The molecule has 3 N–H and O–H groups in total. The smallest absolute Gasteiger partial charge is 0.126 e. The predicted octanol–water partition coefficient (Wildman–Crippen LogP) is 2.01. The van der Waals surface area contributed by atoms with Gasteiger partial charge in [-0.2, -0.15) is 5.10 Å². The minimum Gasteiger partial charge on any atom is -0.271 e. The molecule has 18 heavy (non-hydrogen) atoms. The van der Waals surface area contributed by atoms with Crippen molar-refractivity contribution in [3.63, 3.8) is 0 Å². The molecule has 0 aliphatic carbocycles. The van der Waals surface area contributed by atoms with Gasteiger partial charge >= 0.3 is 0 Å². The summed E-state index contributed by atoms with van der Waals surface area (Å²) in [6, 6.07) is 2.72. The quantitative estimate of drug-likeness (QED) is 0.673. The number of nitrogens with one attached hydrogen (secondary N) is 1. The Morgan fingerprint density at radius 2 is 1.94 bits per heavy atom. The maximum Gasteiger partial charge on any atom is 0.126 e. The molecule has 0 aliphatic rings. The van der Waals surface area contributed by atoms with E-state index in [0.717, 1.165) is 6.07 Å². The molecule has 2 aromatic rings. The molecule has 1 aromatic carbocycles. The van der Waals surface area contributed by atoms with Crippen molar-refractivity contribution < 1.29 is 8.78 Å². The van der Waals surface area contributed by atoms with Crippen LogP contribution in [0.25, 0.3) is 0 Å². The number of hydrazine groups is 1. The summed E-state index contributed by atoms with van der Waals surface area (Å²) in [6.07, 6.45) is 1.59. The van der Waals surface area contributed by atoms with Crippen molar-refractivity contribution in [1.82, 2.24) is 15.2 Å². The lowest BCUT2D eigenvalue weighted by molar-refractivity contribution is 0.547. The Morgan fingerprint density at radius 1 is 1.33 bits per heavy atom. The molecule has 7 heteroatoms. The van der Waals surface area contributed by atoms with Crippen LogP contribution in [0, 0.1) is 11.6 Å². The van der Waals surface area contributed by atoms with Gasteiger partial charge in [0.1, 0.15) is 11.6 Å². The van der Waals surface area contributed by atoms with Crippen molar-refractivity contribution in [2.75, 3.05) is 0 Å². The monoisotopic (exact) mass is 316 g/mol. The van der Waals surface area contributed by atoms with Crippen molar-refractivity contribution in [2.45, 2.75) is 6.04 Å². The van der Waals surface area contributed by atoms with E-state index in [2.05, 4.69) is 26.5 Å². The number of hydrogen-bond donors (Lipinski definition) is 2. The summed E-state index contributed by atoms with van der Waals surface area (Å²) in [5.41, 5.74) is 3.60. The van der Waals surface area contributed by atoms with Gasteiger partial charge in [0.2, 0.25) is 0 Å². The summed E-state index contributed by atoms with van der Waals surface area (Å²) < 4.78 is 28.7. The number of aryl methyl sites for hydroxylation is 1.